The highest BCUT2D eigenvalue weighted by atomic mass is 16.5. The van der Waals surface area contributed by atoms with Gasteiger partial charge in [-0.3, -0.25) is 9.97 Å². The molecule has 0 unspecified atom stereocenters. The molecule has 0 saturated carbocycles. The van der Waals surface area contributed by atoms with Crippen LogP contribution in [0.4, 0.5) is 5.69 Å². The summed E-state index contributed by atoms with van der Waals surface area (Å²) in [6.07, 6.45) is 5.58. The van der Waals surface area contributed by atoms with E-state index in [1.807, 2.05) is 18.5 Å². The highest BCUT2D eigenvalue weighted by Gasteiger charge is 2.34. The summed E-state index contributed by atoms with van der Waals surface area (Å²) < 4.78 is 11.4. The molecule has 112 valence electrons. The predicted molar refractivity (Wildman–Crippen MR) is 82.6 cm³/mol. The van der Waals surface area contributed by atoms with E-state index in [-0.39, 0.29) is 11.7 Å². The Morgan fingerprint density at radius 3 is 3.05 bits per heavy atom. The predicted octanol–water partition coefficient (Wildman–Crippen LogP) is 2.26. The number of ether oxygens (including phenoxy) is 2. The first-order valence-corrected chi connectivity index (χ1v) is 7.19. The maximum Gasteiger partial charge on any atom is 0.0990 e. The molecule has 0 aliphatic carbocycles. The molecule has 0 aromatic carbocycles. The molecule has 1 saturated heterocycles. The lowest BCUT2D eigenvalue weighted by atomic mass is 10.0. The third-order valence-corrected chi connectivity index (χ3v) is 3.69. The second-order valence-corrected chi connectivity index (χ2v) is 6.06. The molecule has 2 aromatic heterocycles. The fraction of sp³-hybridized carbons (Fsp3) is 0.500. The Balaban J connectivity index is 1.97. The van der Waals surface area contributed by atoms with Crippen molar-refractivity contribution in [1.82, 2.24) is 9.97 Å². The van der Waals surface area contributed by atoms with Gasteiger partial charge in [-0.05, 0) is 26.0 Å². The number of methoxy groups -OCH3 is 1. The standard InChI is InChI=1S/C16H21N3O2/c1-16(2)11-19(9-12(21-16)10-20-3)15-5-7-18-14-4-6-17-8-13(14)15/h4-8,12H,9-11H2,1-3H3/t12-/m1/s1. The fourth-order valence-electron chi connectivity index (χ4n) is 3.00. The number of anilines is 1. The molecular weight excluding hydrogens is 266 g/mol. The van der Waals surface area contributed by atoms with Crippen molar-refractivity contribution in [3.05, 3.63) is 30.7 Å². The average molecular weight is 287 g/mol. The molecular formula is C16H21N3O2. The third kappa shape index (κ3) is 2.99. The Labute approximate surface area is 124 Å². The second kappa shape index (κ2) is 5.58. The first-order valence-electron chi connectivity index (χ1n) is 7.19. The van der Waals surface area contributed by atoms with Gasteiger partial charge in [-0.2, -0.15) is 0 Å². The molecule has 21 heavy (non-hydrogen) atoms. The quantitative estimate of drug-likeness (QED) is 0.866. The summed E-state index contributed by atoms with van der Waals surface area (Å²) in [6, 6.07) is 3.99. The van der Waals surface area contributed by atoms with Crippen molar-refractivity contribution in [2.75, 3.05) is 31.7 Å². The molecule has 1 aliphatic rings. The minimum atomic E-state index is -0.209. The molecule has 5 nitrogen and oxygen atoms in total. The van der Waals surface area contributed by atoms with Crippen molar-refractivity contribution in [3.8, 4) is 0 Å². The number of rotatable bonds is 3. The molecule has 5 heteroatoms. The number of pyridine rings is 2. The van der Waals surface area contributed by atoms with Crippen molar-refractivity contribution >= 4 is 16.6 Å². The van der Waals surface area contributed by atoms with Crippen LogP contribution in [-0.4, -0.2) is 48.5 Å². The molecule has 1 aliphatic heterocycles. The Morgan fingerprint density at radius 1 is 1.38 bits per heavy atom. The van der Waals surface area contributed by atoms with Gasteiger partial charge < -0.3 is 14.4 Å². The summed E-state index contributed by atoms with van der Waals surface area (Å²) in [4.78, 5) is 11.0. The van der Waals surface area contributed by atoms with Crippen molar-refractivity contribution < 1.29 is 9.47 Å². The van der Waals surface area contributed by atoms with Gasteiger partial charge in [0.25, 0.3) is 0 Å². The zero-order valence-corrected chi connectivity index (χ0v) is 12.7. The van der Waals surface area contributed by atoms with Gasteiger partial charge in [-0.15, -0.1) is 0 Å². The van der Waals surface area contributed by atoms with Crippen molar-refractivity contribution in [3.63, 3.8) is 0 Å². The van der Waals surface area contributed by atoms with Crippen LogP contribution >= 0.6 is 0 Å². The van der Waals surface area contributed by atoms with E-state index in [4.69, 9.17) is 9.47 Å². The van der Waals surface area contributed by atoms with Crippen molar-refractivity contribution in [2.45, 2.75) is 25.6 Å². The van der Waals surface area contributed by atoms with Gasteiger partial charge in [0.1, 0.15) is 0 Å². The van der Waals surface area contributed by atoms with Gasteiger partial charge in [0.2, 0.25) is 0 Å². The van der Waals surface area contributed by atoms with Crippen LogP contribution in [0.15, 0.2) is 30.7 Å². The van der Waals surface area contributed by atoms with E-state index < -0.39 is 0 Å². The molecule has 0 N–H and O–H groups in total. The highest BCUT2D eigenvalue weighted by Crippen LogP contribution is 2.30. The number of fused-ring (bicyclic) bond motifs is 1. The Kier molecular flexibility index (Phi) is 3.78. The van der Waals surface area contributed by atoms with Crippen LogP contribution in [0.25, 0.3) is 10.9 Å². The van der Waals surface area contributed by atoms with Gasteiger partial charge in [-0.25, -0.2) is 0 Å². The number of hydrogen-bond donors (Lipinski definition) is 0. The summed E-state index contributed by atoms with van der Waals surface area (Å²) in [5.41, 5.74) is 1.92. The highest BCUT2D eigenvalue weighted by molar-refractivity contribution is 5.90. The number of morpholine rings is 1. The van der Waals surface area contributed by atoms with Crippen LogP contribution in [0.2, 0.25) is 0 Å². The van der Waals surface area contributed by atoms with Crippen LogP contribution in [0.1, 0.15) is 13.8 Å². The Hall–Kier alpha value is -1.72. The van der Waals surface area contributed by atoms with E-state index >= 15 is 0 Å². The molecule has 0 spiro atoms. The Bertz CT molecular complexity index is 624. The van der Waals surface area contributed by atoms with Gasteiger partial charge in [0, 0.05) is 49.9 Å². The maximum absolute atomic E-state index is 6.08. The topological polar surface area (TPSA) is 47.5 Å². The van der Waals surface area contributed by atoms with Crippen LogP contribution < -0.4 is 4.90 Å². The minimum absolute atomic E-state index is 0.0682. The van der Waals surface area contributed by atoms with E-state index in [1.165, 1.54) is 0 Å². The van der Waals surface area contributed by atoms with Crippen LogP contribution in [0.5, 0.6) is 0 Å². The van der Waals surface area contributed by atoms with Gasteiger partial charge in [0.15, 0.2) is 0 Å². The first-order chi connectivity index (χ1) is 10.1. The van der Waals surface area contributed by atoms with E-state index in [2.05, 4.69) is 34.8 Å². The molecule has 1 atom stereocenters. The Morgan fingerprint density at radius 2 is 2.24 bits per heavy atom. The van der Waals surface area contributed by atoms with Crippen LogP contribution in [0, 0.1) is 0 Å². The summed E-state index contributed by atoms with van der Waals surface area (Å²) in [6.45, 7) is 6.47. The lowest BCUT2D eigenvalue weighted by molar-refractivity contribution is -0.106. The molecule has 0 amide bonds. The lowest BCUT2D eigenvalue weighted by Gasteiger charge is -2.44. The number of nitrogens with zero attached hydrogens (tertiary/aromatic N) is 3. The van der Waals surface area contributed by atoms with Crippen LogP contribution in [0.3, 0.4) is 0 Å². The van der Waals surface area contributed by atoms with E-state index in [0.717, 1.165) is 29.7 Å². The normalized spacial score (nSPS) is 21.7. The minimum Gasteiger partial charge on any atom is -0.382 e. The fourth-order valence-corrected chi connectivity index (χ4v) is 3.00. The molecule has 0 bridgehead atoms. The van der Waals surface area contributed by atoms with Crippen LogP contribution in [-0.2, 0) is 9.47 Å². The van der Waals surface area contributed by atoms with Gasteiger partial charge in [0.05, 0.1) is 23.8 Å². The smallest absolute Gasteiger partial charge is 0.0990 e. The maximum atomic E-state index is 6.08. The number of hydrogen-bond acceptors (Lipinski definition) is 5. The van der Waals surface area contributed by atoms with Crippen molar-refractivity contribution in [1.29, 1.82) is 0 Å². The van der Waals surface area contributed by atoms with E-state index in [1.54, 1.807) is 13.3 Å². The number of aromatic nitrogens is 2. The molecule has 3 heterocycles. The monoisotopic (exact) mass is 287 g/mol. The van der Waals surface area contributed by atoms with E-state index in [0.29, 0.717) is 6.61 Å². The molecule has 2 aromatic rings. The first kappa shape index (κ1) is 14.2. The zero-order chi connectivity index (χ0) is 14.9. The SMILES string of the molecule is COC[C@H]1CN(c2ccnc3ccncc23)CC(C)(C)O1. The van der Waals surface area contributed by atoms with Gasteiger partial charge in [-0.1, -0.05) is 0 Å². The third-order valence-electron chi connectivity index (χ3n) is 3.69. The van der Waals surface area contributed by atoms with Crippen molar-refractivity contribution in [2.24, 2.45) is 0 Å². The summed E-state index contributed by atoms with van der Waals surface area (Å²) >= 11 is 0. The zero-order valence-electron chi connectivity index (χ0n) is 12.7. The molecule has 3 rings (SSSR count). The largest absolute Gasteiger partial charge is 0.382 e. The molecule has 0 radical (unpaired) electrons. The average Bonchev–Trinajstić information content (AvgIpc) is 2.45. The van der Waals surface area contributed by atoms with Gasteiger partial charge >= 0.3 is 0 Å². The summed E-state index contributed by atoms with van der Waals surface area (Å²) in [5.74, 6) is 0. The summed E-state index contributed by atoms with van der Waals surface area (Å²) in [7, 11) is 1.71. The summed E-state index contributed by atoms with van der Waals surface area (Å²) in [5, 5.41) is 1.08. The van der Waals surface area contributed by atoms with E-state index in [9.17, 15) is 0 Å². The molecule has 1 fully saturated rings. The second-order valence-electron chi connectivity index (χ2n) is 6.06. The lowest BCUT2D eigenvalue weighted by Crippen LogP contribution is -2.54.